The minimum Gasteiger partial charge on any atom is -0.497 e. The fraction of sp³-hybridized carbons (Fsp3) is 0.375. The largest absolute Gasteiger partial charge is 0.497 e. The molecule has 2 bridgehead atoms. The van der Waals surface area contributed by atoms with Crippen molar-refractivity contribution < 1.29 is 28.6 Å². The van der Waals surface area contributed by atoms with Crippen LogP contribution in [0.1, 0.15) is 23.2 Å². The normalized spacial score (nSPS) is 27.1. The topological polar surface area (TPSA) is 103 Å². The van der Waals surface area contributed by atoms with Crippen LogP contribution in [0.2, 0.25) is 0 Å². The molecule has 3 fully saturated rings. The van der Waals surface area contributed by atoms with Crippen molar-refractivity contribution in [1.29, 1.82) is 0 Å². The first kappa shape index (κ1) is 20.4. The van der Waals surface area contributed by atoms with Crippen molar-refractivity contribution in [3.63, 3.8) is 0 Å². The van der Waals surface area contributed by atoms with E-state index in [0.717, 1.165) is 12.8 Å². The van der Waals surface area contributed by atoms with Gasteiger partial charge in [0.2, 0.25) is 5.91 Å². The van der Waals surface area contributed by atoms with Crippen LogP contribution in [-0.2, 0) is 14.3 Å². The number of esters is 1. The Morgan fingerprint density at radius 1 is 1.03 bits per heavy atom. The Hall–Kier alpha value is -3.55. The zero-order valence-electron chi connectivity index (χ0n) is 17.8. The van der Waals surface area contributed by atoms with Crippen LogP contribution in [0.4, 0.5) is 11.4 Å². The zero-order chi connectivity index (χ0) is 22.4. The van der Waals surface area contributed by atoms with Crippen molar-refractivity contribution in [2.24, 2.45) is 23.7 Å². The average Bonchev–Trinajstić information content (AvgIpc) is 3.42. The molecular weight excluding hydrogens is 412 g/mol. The molecule has 2 amide bonds. The van der Waals surface area contributed by atoms with E-state index in [-0.39, 0.29) is 47.6 Å². The molecule has 1 heterocycles. The van der Waals surface area contributed by atoms with Crippen molar-refractivity contribution in [2.75, 3.05) is 24.9 Å². The quantitative estimate of drug-likeness (QED) is 0.675. The van der Waals surface area contributed by atoms with E-state index in [2.05, 4.69) is 10.6 Å². The fourth-order valence-corrected chi connectivity index (χ4v) is 5.42. The fourth-order valence-electron chi connectivity index (χ4n) is 5.42. The summed E-state index contributed by atoms with van der Waals surface area (Å²) >= 11 is 0. The Kier molecular flexibility index (Phi) is 5.00. The number of carbonyl (C=O) groups is 3. The first-order chi connectivity index (χ1) is 15.5. The Bertz CT molecular complexity index is 1100. The van der Waals surface area contributed by atoms with Gasteiger partial charge in [-0.25, -0.2) is 0 Å². The maximum absolute atomic E-state index is 13.0. The molecule has 0 unspecified atom stereocenters. The van der Waals surface area contributed by atoms with Gasteiger partial charge in [0.05, 0.1) is 31.7 Å². The van der Waals surface area contributed by atoms with Crippen LogP contribution in [0.25, 0.3) is 0 Å². The Morgan fingerprint density at radius 2 is 1.88 bits per heavy atom. The number of rotatable bonds is 6. The van der Waals surface area contributed by atoms with Crippen LogP contribution < -0.4 is 20.1 Å². The third-order valence-corrected chi connectivity index (χ3v) is 6.84. The van der Waals surface area contributed by atoms with Crippen LogP contribution in [-0.4, -0.2) is 38.1 Å². The van der Waals surface area contributed by atoms with Gasteiger partial charge in [-0.1, -0.05) is 6.07 Å². The molecule has 5 atom stereocenters. The number of ether oxygens (including phenoxy) is 3. The minimum absolute atomic E-state index is 0.0106. The molecule has 2 N–H and O–H groups in total. The molecule has 32 heavy (non-hydrogen) atoms. The predicted octanol–water partition coefficient (Wildman–Crippen LogP) is 3.09. The molecule has 2 saturated carbocycles. The number of nitrogens with one attached hydrogen (secondary N) is 2. The maximum Gasteiger partial charge on any atom is 0.310 e. The van der Waals surface area contributed by atoms with E-state index in [1.165, 1.54) is 7.11 Å². The van der Waals surface area contributed by atoms with Gasteiger partial charge in [-0.05, 0) is 49.1 Å². The number of benzene rings is 2. The highest BCUT2D eigenvalue weighted by Gasteiger charge is 2.63. The third-order valence-electron chi connectivity index (χ3n) is 6.84. The molecule has 2 aromatic carbocycles. The number of amides is 2. The first-order valence-electron chi connectivity index (χ1n) is 10.6. The monoisotopic (exact) mass is 436 g/mol. The van der Waals surface area contributed by atoms with Crippen molar-refractivity contribution >= 4 is 29.2 Å². The van der Waals surface area contributed by atoms with Crippen LogP contribution in [0.15, 0.2) is 42.5 Å². The van der Waals surface area contributed by atoms with E-state index in [1.807, 2.05) is 0 Å². The molecular formula is C24H24N2O6. The lowest BCUT2D eigenvalue weighted by molar-refractivity contribution is -0.145. The molecule has 2 aliphatic carbocycles. The number of methoxy groups -OCH3 is 2. The second-order valence-electron chi connectivity index (χ2n) is 8.51. The first-order valence-corrected chi connectivity index (χ1v) is 10.6. The van der Waals surface area contributed by atoms with Crippen molar-refractivity contribution in [3.8, 4) is 11.5 Å². The smallest absolute Gasteiger partial charge is 0.310 e. The summed E-state index contributed by atoms with van der Waals surface area (Å²) in [6, 6.07) is 11.8. The predicted molar refractivity (Wildman–Crippen MR) is 116 cm³/mol. The second kappa shape index (κ2) is 7.85. The summed E-state index contributed by atoms with van der Waals surface area (Å²) in [5.41, 5.74) is 1.40. The van der Waals surface area contributed by atoms with E-state index >= 15 is 0 Å². The van der Waals surface area contributed by atoms with Gasteiger partial charge < -0.3 is 24.8 Å². The van der Waals surface area contributed by atoms with E-state index in [9.17, 15) is 14.4 Å². The van der Waals surface area contributed by atoms with Crippen LogP contribution in [0, 0.1) is 23.7 Å². The van der Waals surface area contributed by atoms with Crippen LogP contribution in [0.3, 0.4) is 0 Å². The molecule has 0 aromatic heterocycles. The molecule has 5 rings (SSSR count). The summed E-state index contributed by atoms with van der Waals surface area (Å²) in [5.74, 6) is -0.0548. The number of carbonyl (C=O) groups excluding carboxylic acids is 3. The minimum atomic E-state index is -0.368. The molecule has 8 nitrogen and oxygen atoms in total. The van der Waals surface area contributed by atoms with Gasteiger partial charge >= 0.3 is 5.97 Å². The van der Waals surface area contributed by atoms with Crippen molar-refractivity contribution in [2.45, 2.75) is 18.9 Å². The van der Waals surface area contributed by atoms with Crippen LogP contribution in [0.5, 0.6) is 11.5 Å². The standard InChI is InChI=1S/C24H24N2O6/c1-30-15-6-7-17(19(11-15)31-2)26-22(27)12-4-3-5-14(8-12)25-23(28)20-13-9-16-18(10-13)32-24(29)21(16)20/h3-8,11,13,16,18,20-21H,9-10H2,1-2H3,(H,25,28)(H,26,27)/t13-,16-,18+,20-,21-/m1/s1. The van der Waals surface area contributed by atoms with E-state index in [0.29, 0.717) is 28.4 Å². The average molecular weight is 436 g/mol. The highest BCUT2D eigenvalue weighted by Crippen LogP contribution is 2.57. The van der Waals surface area contributed by atoms with Crippen molar-refractivity contribution in [3.05, 3.63) is 48.0 Å². The summed E-state index contributed by atoms with van der Waals surface area (Å²) in [5, 5.41) is 5.72. The summed E-state index contributed by atoms with van der Waals surface area (Å²) in [4.78, 5) is 38.0. The number of fused-ring (bicyclic) bond motifs is 1. The number of anilines is 2. The zero-order valence-corrected chi connectivity index (χ0v) is 17.8. The van der Waals surface area contributed by atoms with Gasteiger partial charge in [-0.2, -0.15) is 0 Å². The molecule has 166 valence electrons. The lowest BCUT2D eigenvalue weighted by Crippen LogP contribution is -2.35. The van der Waals surface area contributed by atoms with Gasteiger partial charge in [0.15, 0.2) is 0 Å². The Morgan fingerprint density at radius 3 is 2.66 bits per heavy atom. The summed E-state index contributed by atoms with van der Waals surface area (Å²) in [6.45, 7) is 0. The SMILES string of the molecule is COc1ccc(NC(=O)c2cccc(NC(=O)[C@@H]3[C@@H]4C[C@H]5[C@H]3C(=O)O[C@H]5C4)c2)c(OC)c1. The van der Waals surface area contributed by atoms with E-state index < -0.39 is 0 Å². The molecule has 2 aromatic rings. The molecule has 3 aliphatic rings. The van der Waals surface area contributed by atoms with Gasteiger partial charge in [-0.15, -0.1) is 0 Å². The molecule has 8 heteroatoms. The molecule has 1 saturated heterocycles. The highest BCUT2D eigenvalue weighted by atomic mass is 16.6. The van der Waals surface area contributed by atoms with Gasteiger partial charge in [0.1, 0.15) is 17.6 Å². The Balaban J connectivity index is 1.29. The van der Waals surface area contributed by atoms with Crippen molar-refractivity contribution in [1.82, 2.24) is 0 Å². The Labute approximate surface area is 185 Å². The van der Waals surface area contributed by atoms with Gasteiger partial charge in [0, 0.05) is 23.2 Å². The molecule has 1 aliphatic heterocycles. The highest BCUT2D eigenvalue weighted by molar-refractivity contribution is 6.06. The second-order valence-corrected chi connectivity index (χ2v) is 8.51. The summed E-state index contributed by atoms with van der Waals surface area (Å²) in [7, 11) is 3.07. The number of hydrogen-bond acceptors (Lipinski definition) is 6. The van der Waals surface area contributed by atoms with Crippen LogP contribution >= 0.6 is 0 Å². The molecule has 0 spiro atoms. The lowest BCUT2D eigenvalue weighted by atomic mass is 9.79. The van der Waals surface area contributed by atoms with E-state index in [1.54, 1.807) is 49.6 Å². The third kappa shape index (κ3) is 3.36. The maximum atomic E-state index is 13.0. The summed E-state index contributed by atoms with van der Waals surface area (Å²) < 4.78 is 15.9. The van der Waals surface area contributed by atoms with Gasteiger partial charge in [-0.3, -0.25) is 14.4 Å². The lowest BCUT2D eigenvalue weighted by Gasteiger charge is -2.23. The summed E-state index contributed by atoms with van der Waals surface area (Å²) in [6.07, 6.45) is 1.62. The van der Waals surface area contributed by atoms with Gasteiger partial charge in [0.25, 0.3) is 5.91 Å². The van der Waals surface area contributed by atoms with E-state index in [4.69, 9.17) is 14.2 Å². The number of hydrogen-bond donors (Lipinski definition) is 2. The molecule has 0 radical (unpaired) electrons.